The molecule has 0 spiro atoms. The van der Waals surface area contributed by atoms with Crippen molar-refractivity contribution in [1.29, 1.82) is 10.5 Å². The summed E-state index contributed by atoms with van der Waals surface area (Å²) in [4.78, 5) is 0. The van der Waals surface area contributed by atoms with Crippen molar-refractivity contribution in [2.75, 3.05) is 0 Å². The molecule has 0 aliphatic rings. The Bertz CT molecular complexity index is 23.1. The van der Waals surface area contributed by atoms with E-state index in [-0.39, 0.29) is 16.8 Å². The van der Waals surface area contributed by atoms with Gasteiger partial charge in [-0.25, -0.2) is 0 Å². The maximum atomic E-state index is 6.25. The Hall–Kier alpha value is -0.514. The van der Waals surface area contributed by atoms with Crippen molar-refractivity contribution in [1.82, 2.24) is 0 Å². The number of nitrogens with zero attached hydrogens (tertiary/aromatic N) is 2. The molecule has 0 bridgehead atoms. The standard InChI is InChI=1S/2CN.Co/c2*1-2;/q2*-1;. The van der Waals surface area contributed by atoms with Gasteiger partial charge in [0.1, 0.15) is 0 Å². The van der Waals surface area contributed by atoms with E-state index in [0.717, 1.165) is 0 Å². The first kappa shape index (κ1) is 24.7. The van der Waals surface area contributed by atoms with Gasteiger partial charge in [-0.3, -0.25) is 0 Å². The van der Waals surface area contributed by atoms with Crippen molar-refractivity contribution in [2.24, 2.45) is 0 Å². The molecule has 0 N–H and O–H groups in total. The summed E-state index contributed by atoms with van der Waals surface area (Å²) < 4.78 is 0. The second kappa shape index (κ2) is 81.7. The summed E-state index contributed by atoms with van der Waals surface area (Å²) in [5.74, 6) is 0. The van der Waals surface area contributed by atoms with Gasteiger partial charge in [0.05, 0.1) is 0 Å². The van der Waals surface area contributed by atoms with Crippen LogP contribution in [0.1, 0.15) is 0 Å². The van der Waals surface area contributed by atoms with Crippen LogP contribution in [0.15, 0.2) is 0 Å². The van der Waals surface area contributed by atoms with Gasteiger partial charge in [-0.2, -0.15) is 0 Å². The number of hydrogen-bond donors (Lipinski definition) is 0. The molecule has 3 heteroatoms. The fourth-order valence-corrected chi connectivity index (χ4v) is 0. The zero-order valence-corrected chi connectivity index (χ0v) is 3.27. The van der Waals surface area contributed by atoms with Gasteiger partial charge < -0.3 is 23.7 Å². The van der Waals surface area contributed by atoms with E-state index < -0.39 is 0 Å². The van der Waals surface area contributed by atoms with Crippen LogP contribution >= 0.6 is 0 Å². The number of hydrogen-bond acceptors (Lipinski definition) is 2. The minimum atomic E-state index is 0. The molecule has 0 atom stereocenters. The van der Waals surface area contributed by atoms with Crippen LogP contribution in [0.3, 0.4) is 0 Å². The fraction of sp³-hybridized carbons (Fsp3) is 0. The van der Waals surface area contributed by atoms with Crippen LogP contribution in [0.25, 0.3) is 0 Å². The first-order valence-electron chi connectivity index (χ1n) is 0.447. The molecule has 2 nitrogen and oxygen atoms in total. The summed E-state index contributed by atoms with van der Waals surface area (Å²) in [5, 5.41) is 12.5. The molecule has 5 heavy (non-hydrogen) atoms. The van der Waals surface area contributed by atoms with Crippen molar-refractivity contribution >= 4 is 0 Å². The summed E-state index contributed by atoms with van der Waals surface area (Å²) >= 11 is 0. The summed E-state index contributed by atoms with van der Waals surface area (Å²) in [6.07, 6.45) is 0. The molecule has 0 amide bonds. The Kier molecular flexibility index (Phi) is 404. The zero-order chi connectivity index (χ0) is 4.00. The molecule has 0 rings (SSSR count). The van der Waals surface area contributed by atoms with Crippen LogP contribution < -0.4 is 0 Å². The van der Waals surface area contributed by atoms with Gasteiger partial charge in [-0.15, -0.1) is 0 Å². The summed E-state index contributed by atoms with van der Waals surface area (Å²) in [5.41, 5.74) is 0. The van der Waals surface area contributed by atoms with Gasteiger partial charge in [0.15, 0.2) is 0 Å². The van der Waals surface area contributed by atoms with E-state index in [9.17, 15) is 0 Å². The van der Waals surface area contributed by atoms with Crippen LogP contribution in [-0.2, 0) is 16.8 Å². The van der Waals surface area contributed by atoms with Crippen LogP contribution in [0.4, 0.5) is 0 Å². The van der Waals surface area contributed by atoms with E-state index in [1.807, 2.05) is 0 Å². The molecule has 0 aromatic heterocycles. The van der Waals surface area contributed by atoms with Crippen molar-refractivity contribution in [3.63, 3.8) is 0 Å². The Labute approximate surface area is 41.2 Å². The summed E-state index contributed by atoms with van der Waals surface area (Å²) in [6, 6.07) is 0. The molecule has 0 aromatic rings. The minimum absolute atomic E-state index is 0. The van der Waals surface area contributed by atoms with Gasteiger partial charge in [0.25, 0.3) is 0 Å². The second-order valence-electron chi connectivity index (χ2n) is 0. The maximum Gasteiger partial charge on any atom is 0 e. The Morgan fingerprint density at radius 2 is 0.800 bits per heavy atom. The topological polar surface area (TPSA) is 47.6 Å². The molecule has 0 aromatic carbocycles. The molecule has 0 heterocycles. The van der Waals surface area contributed by atoms with Crippen molar-refractivity contribution < 1.29 is 16.8 Å². The third-order valence-electron chi connectivity index (χ3n) is 0. The van der Waals surface area contributed by atoms with Crippen LogP contribution in [0.2, 0.25) is 0 Å². The maximum absolute atomic E-state index is 6.25. The van der Waals surface area contributed by atoms with Crippen LogP contribution in [-0.4, -0.2) is 0 Å². The fourth-order valence-electron chi connectivity index (χ4n) is 0. The summed E-state index contributed by atoms with van der Waals surface area (Å²) in [6.45, 7) is 9.50. The molecule has 0 saturated carbocycles. The Morgan fingerprint density at radius 3 is 0.800 bits per heavy atom. The largest absolute Gasteiger partial charge is 0.512 e. The molecule has 0 aliphatic carbocycles. The average molecular weight is 111 g/mol. The van der Waals surface area contributed by atoms with Crippen LogP contribution in [0, 0.1) is 23.7 Å². The predicted octanol–water partition coefficient (Wildman–Crippen LogP) is 0.190. The predicted molar refractivity (Wildman–Crippen MR) is 9.94 cm³/mol. The van der Waals surface area contributed by atoms with Gasteiger partial charge in [0, 0.05) is 16.8 Å². The molecule has 0 unspecified atom stereocenters. The molecule has 1 radical (unpaired) electrons. The minimum Gasteiger partial charge on any atom is -0.512 e. The molecular weight excluding hydrogens is 111 g/mol. The third kappa shape index (κ3) is 29.2. The van der Waals surface area contributed by atoms with Gasteiger partial charge in [-0.1, -0.05) is 0 Å². The molecular formula is C2CoN2-2. The zero-order valence-electron chi connectivity index (χ0n) is 2.23. The van der Waals surface area contributed by atoms with E-state index in [0.29, 0.717) is 0 Å². The van der Waals surface area contributed by atoms with E-state index in [1.165, 1.54) is 0 Å². The molecule has 0 fully saturated rings. The molecule has 0 aliphatic heterocycles. The van der Waals surface area contributed by atoms with Gasteiger partial charge in [-0.05, 0) is 0 Å². The number of rotatable bonds is 0. The smallest absolute Gasteiger partial charge is 0 e. The van der Waals surface area contributed by atoms with Crippen molar-refractivity contribution in [3.8, 4) is 0 Å². The Morgan fingerprint density at radius 1 is 0.800 bits per heavy atom. The normalized spacial score (nSPS) is 0.800. The first-order chi connectivity index (χ1) is 2.00. The van der Waals surface area contributed by atoms with Crippen LogP contribution in [0.5, 0.6) is 0 Å². The SMILES string of the molecule is [C-]#N.[C-]#N.[Co]. The van der Waals surface area contributed by atoms with E-state index >= 15 is 0 Å². The molecule has 29 valence electrons. The quantitative estimate of drug-likeness (QED) is 0.419. The third-order valence-corrected chi connectivity index (χ3v) is 0. The molecule has 0 saturated heterocycles. The monoisotopic (exact) mass is 111 g/mol. The van der Waals surface area contributed by atoms with Gasteiger partial charge >= 0.3 is 0 Å². The van der Waals surface area contributed by atoms with Crippen molar-refractivity contribution in [2.45, 2.75) is 0 Å². The first-order valence-corrected chi connectivity index (χ1v) is 0.447. The van der Waals surface area contributed by atoms with E-state index in [4.69, 9.17) is 23.7 Å². The van der Waals surface area contributed by atoms with E-state index in [2.05, 4.69) is 0 Å². The second-order valence-corrected chi connectivity index (χ2v) is 0. The van der Waals surface area contributed by atoms with E-state index in [1.54, 1.807) is 0 Å². The Balaban J connectivity index is -0.0000000133. The summed E-state index contributed by atoms with van der Waals surface area (Å²) in [7, 11) is 0. The van der Waals surface area contributed by atoms with Crippen molar-refractivity contribution in [3.05, 3.63) is 13.1 Å². The average Bonchev–Trinajstić information content (AvgIpc) is 1.50. The van der Waals surface area contributed by atoms with Gasteiger partial charge in [0.2, 0.25) is 0 Å².